The van der Waals surface area contributed by atoms with Gasteiger partial charge in [0.1, 0.15) is 5.75 Å². The van der Waals surface area contributed by atoms with Crippen molar-refractivity contribution in [2.24, 2.45) is 0 Å². The highest BCUT2D eigenvalue weighted by molar-refractivity contribution is 14.1. The number of halogens is 1. The number of phenols is 1. The van der Waals surface area contributed by atoms with Crippen LogP contribution >= 0.6 is 22.6 Å². The lowest BCUT2D eigenvalue weighted by Crippen LogP contribution is -2.14. The van der Waals surface area contributed by atoms with Crippen LogP contribution in [0.1, 0.15) is 12.0 Å². The van der Waals surface area contributed by atoms with Crippen molar-refractivity contribution < 1.29 is 5.11 Å². The lowest BCUT2D eigenvalue weighted by Gasteiger charge is -2.03. The third-order valence-corrected chi connectivity index (χ3v) is 2.49. The Bertz CT molecular complexity index is 252. The van der Waals surface area contributed by atoms with Crippen molar-refractivity contribution in [3.8, 4) is 5.75 Å². The first-order valence-electron chi connectivity index (χ1n) is 4.37. The quantitative estimate of drug-likeness (QED) is 0.496. The van der Waals surface area contributed by atoms with Crippen LogP contribution in [0.4, 0.5) is 0 Å². The van der Waals surface area contributed by atoms with E-state index in [1.165, 1.54) is 10.8 Å². The molecule has 0 amide bonds. The van der Waals surface area contributed by atoms with Gasteiger partial charge in [0.05, 0.1) is 0 Å². The molecule has 0 heterocycles. The van der Waals surface area contributed by atoms with Gasteiger partial charge in [0.15, 0.2) is 0 Å². The maximum atomic E-state index is 9.19. The Kier molecular flexibility index (Phi) is 5.15. The average Bonchev–Trinajstić information content (AvgIpc) is 2.13. The second-order valence-electron chi connectivity index (χ2n) is 2.89. The van der Waals surface area contributed by atoms with E-state index in [0.29, 0.717) is 5.75 Å². The summed E-state index contributed by atoms with van der Waals surface area (Å²) in [6.07, 6.45) is 1.19. The van der Waals surface area contributed by atoms with Crippen LogP contribution in [0.5, 0.6) is 5.75 Å². The first kappa shape index (κ1) is 10.8. The van der Waals surface area contributed by atoms with Gasteiger partial charge in [-0.3, -0.25) is 0 Å². The van der Waals surface area contributed by atoms with Gasteiger partial charge in [0.2, 0.25) is 0 Å². The van der Waals surface area contributed by atoms with Gasteiger partial charge in [-0.1, -0.05) is 34.7 Å². The van der Waals surface area contributed by atoms with E-state index in [-0.39, 0.29) is 0 Å². The van der Waals surface area contributed by atoms with Crippen LogP contribution in [0.25, 0.3) is 0 Å². The number of hydrogen-bond donors (Lipinski definition) is 2. The van der Waals surface area contributed by atoms with E-state index in [9.17, 15) is 5.11 Å². The molecule has 1 rings (SSSR count). The molecule has 0 saturated heterocycles. The molecule has 0 saturated carbocycles. The summed E-state index contributed by atoms with van der Waals surface area (Å²) < 4.78 is 1.19. The number of rotatable bonds is 5. The number of phenolic OH excluding ortho intramolecular Hbond substituents is 1. The SMILES string of the molecule is Oc1cccc(CNCCCI)c1. The minimum absolute atomic E-state index is 0.341. The van der Waals surface area contributed by atoms with Crippen LogP contribution in [0.2, 0.25) is 0 Å². The van der Waals surface area contributed by atoms with E-state index in [2.05, 4.69) is 27.9 Å². The molecule has 13 heavy (non-hydrogen) atoms. The molecule has 0 aliphatic carbocycles. The van der Waals surface area contributed by atoms with Crippen molar-refractivity contribution in [2.45, 2.75) is 13.0 Å². The molecular formula is C10H14INO. The zero-order chi connectivity index (χ0) is 9.52. The molecule has 1 aromatic carbocycles. The van der Waals surface area contributed by atoms with Crippen molar-refractivity contribution in [3.05, 3.63) is 29.8 Å². The zero-order valence-corrected chi connectivity index (χ0v) is 9.62. The smallest absolute Gasteiger partial charge is 0.115 e. The standard InChI is InChI=1S/C10H14INO/c11-5-2-6-12-8-9-3-1-4-10(13)7-9/h1,3-4,7,12-13H,2,5-6,8H2. The second-order valence-corrected chi connectivity index (χ2v) is 3.97. The molecule has 2 N–H and O–H groups in total. The zero-order valence-electron chi connectivity index (χ0n) is 7.46. The first-order chi connectivity index (χ1) is 6.33. The number of benzene rings is 1. The molecule has 2 nitrogen and oxygen atoms in total. The number of aromatic hydroxyl groups is 1. The maximum absolute atomic E-state index is 9.19. The molecular weight excluding hydrogens is 277 g/mol. The fraction of sp³-hybridized carbons (Fsp3) is 0.400. The average molecular weight is 291 g/mol. The molecule has 0 aliphatic rings. The summed E-state index contributed by atoms with van der Waals surface area (Å²) in [5, 5.41) is 12.5. The highest BCUT2D eigenvalue weighted by atomic mass is 127. The van der Waals surface area contributed by atoms with Crippen LogP contribution in [0.15, 0.2) is 24.3 Å². The van der Waals surface area contributed by atoms with E-state index in [1.807, 2.05) is 12.1 Å². The Balaban J connectivity index is 2.28. The second kappa shape index (κ2) is 6.21. The largest absolute Gasteiger partial charge is 0.508 e. The summed E-state index contributed by atoms with van der Waals surface area (Å²) >= 11 is 2.37. The van der Waals surface area contributed by atoms with Crippen molar-refractivity contribution >= 4 is 22.6 Å². The normalized spacial score (nSPS) is 10.2. The fourth-order valence-electron chi connectivity index (χ4n) is 1.09. The minimum Gasteiger partial charge on any atom is -0.508 e. The molecule has 0 aliphatic heterocycles. The summed E-state index contributed by atoms with van der Waals surface area (Å²) in [5.74, 6) is 0.341. The Hall–Kier alpha value is -0.290. The van der Waals surface area contributed by atoms with Crippen LogP contribution in [0.3, 0.4) is 0 Å². The Labute approximate surface area is 92.5 Å². The highest BCUT2D eigenvalue weighted by Crippen LogP contribution is 2.10. The van der Waals surface area contributed by atoms with Crippen LogP contribution < -0.4 is 5.32 Å². The van der Waals surface area contributed by atoms with E-state index >= 15 is 0 Å². The van der Waals surface area contributed by atoms with E-state index in [4.69, 9.17) is 0 Å². The fourth-order valence-corrected chi connectivity index (χ4v) is 1.47. The minimum atomic E-state index is 0.341. The molecule has 0 bridgehead atoms. The molecule has 3 heteroatoms. The number of nitrogens with one attached hydrogen (secondary N) is 1. The predicted molar refractivity (Wildman–Crippen MR) is 63.3 cm³/mol. The predicted octanol–water partition coefficient (Wildman–Crippen LogP) is 2.31. The molecule has 72 valence electrons. The van der Waals surface area contributed by atoms with Gasteiger partial charge in [-0.2, -0.15) is 0 Å². The Morgan fingerprint density at radius 2 is 2.23 bits per heavy atom. The van der Waals surface area contributed by atoms with Gasteiger partial charge in [-0.25, -0.2) is 0 Å². The summed E-state index contributed by atoms with van der Waals surface area (Å²) in [4.78, 5) is 0. The number of hydrogen-bond acceptors (Lipinski definition) is 2. The third-order valence-electron chi connectivity index (χ3n) is 1.73. The summed E-state index contributed by atoms with van der Waals surface area (Å²) in [7, 11) is 0. The lowest BCUT2D eigenvalue weighted by molar-refractivity contribution is 0.474. The molecule has 0 spiro atoms. The first-order valence-corrected chi connectivity index (χ1v) is 5.90. The maximum Gasteiger partial charge on any atom is 0.115 e. The topological polar surface area (TPSA) is 32.3 Å². The summed E-state index contributed by atoms with van der Waals surface area (Å²) in [5.41, 5.74) is 1.13. The molecule has 0 atom stereocenters. The van der Waals surface area contributed by atoms with Crippen molar-refractivity contribution in [3.63, 3.8) is 0 Å². The van der Waals surface area contributed by atoms with Gasteiger partial charge in [-0.15, -0.1) is 0 Å². The van der Waals surface area contributed by atoms with Crippen molar-refractivity contribution in [2.75, 3.05) is 11.0 Å². The van der Waals surface area contributed by atoms with Gasteiger partial charge < -0.3 is 10.4 Å². The number of alkyl halides is 1. The third kappa shape index (κ3) is 4.47. The van der Waals surface area contributed by atoms with Gasteiger partial charge in [0, 0.05) is 11.0 Å². The van der Waals surface area contributed by atoms with Gasteiger partial charge in [-0.05, 0) is 30.7 Å². The van der Waals surface area contributed by atoms with Gasteiger partial charge >= 0.3 is 0 Å². The molecule has 0 radical (unpaired) electrons. The Morgan fingerprint density at radius 3 is 2.92 bits per heavy atom. The molecule has 1 aromatic rings. The summed E-state index contributed by atoms with van der Waals surface area (Å²) in [6, 6.07) is 7.35. The molecule has 0 fully saturated rings. The summed E-state index contributed by atoms with van der Waals surface area (Å²) in [6.45, 7) is 1.88. The Morgan fingerprint density at radius 1 is 1.38 bits per heavy atom. The highest BCUT2D eigenvalue weighted by Gasteiger charge is 1.93. The molecule has 0 aromatic heterocycles. The van der Waals surface area contributed by atoms with Crippen LogP contribution in [-0.4, -0.2) is 16.1 Å². The van der Waals surface area contributed by atoms with Crippen LogP contribution in [-0.2, 0) is 6.54 Å². The van der Waals surface area contributed by atoms with Crippen molar-refractivity contribution in [1.82, 2.24) is 5.32 Å². The monoisotopic (exact) mass is 291 g/mol. The molecule has 0 unspecified atom stereocenters. The van der Waals surface area contributed by atoms with E-state index in [0.717, 1.165) is 18.7 Å². The van der Waals surface area contributed by atoms with Crippen molar-refractivity contribution in [1.29, 1.82) is 0 Å². The van der Waals surface area contributed by atoms with Gasteiger partial charge in [0.25, 0.3) is 0 Å². The van der Waals surface area contributed by atoms with Crippen LogP contribution in [0, 0.1) is 0 Å². The van der Waals surface area contributed by atoms with E-state index in [1.54, 1.807) is 12.1 Å². The van der Waals surface area contributed by atoms with E-state index < -0.39 is 0 Å². The lowest BCUT2D eigenvalue weighted by atomic mass is 10.2.